The van der Waals surface area contributed by atoms with E-state index in [0.717, 1.165) is 22.4 Å². The van der Waals surface area contributed by atoms with Crippen molar-refractivity contribution in [2.24, 2.45) is 5.92 Å². The van der Waals surface area contributed by atoms with Gasteiger partial charge in [-0.05, 0) is 31.0 Å². The van der Waals surface area contributed by atoms with Gasteiger partial charge in [-0.1, -0.05) is 36.4 Å². The molecule has 6 rings (SSSR count). The standard InChI is InChI=1S/C32H29F2N3O4/c1-18-15-36-30(40-17-21-12-32(33,34)13-21)27-26(24-9-8-22(14-35)23-10-11-39-29(23)24)25(19(2)37-28(18)27)31(38)41-16-20-6-4-3-5-7-20/h3-9,15,21,26,37H,10-13,16-17H2,1-2H3. The predicted octanol–water partition coefficient (Wildman–Crippen LogP) is 6.20. The van der Waals surface area contributed by atoms with Crippen LogP contribution >= 0.6 is 0 Å². The average Bonchev–Trinajstić information content (AvgIpc) is 3.44. The molecule has 1 saturated carbocycles. The van der Waals surface area contributed by atoms with Gasteiger partial charge in [0.05, 0.1) is 47.6 Å². The molecule has 7 nitrogen and oxygen atoms in total. The summed E-state index contributed by atoms with van der Waals surface area (Å²) in [5, 5.41) is 13.1. The van der Waals surface area contributed by atoms with E-state index in [-0.39, 0.29) is 37.9 Å². The molecule has 1 atom stereocenters. The van der Waals surface area contributed by atoms with Crippen LogP contribution in [0.4, 0.5) is 14.5 Å². The molecular formula is C32H29F2N3O4. The van der Waals surface area contributed by atoms with E-state index in [1.807, 2.05) is 44.2 Å². The zero-order chi connectivity index (χ0) is 28.7. The Morgan fingerprint density at radius 3 is 2.71 bits per heavy atom. The van der Waals surface area contributed by atoms with Crippen molar-refractivity contribution in [2.75, 3.05) is 18.5 Å². The molecule has 1 aromatic heterocycles. The first-order chi connectivity index (χ1) is 19.8. The summed E-state index contributed by atoms with van der Waals surface area (Å²) in [5.41, 5.74) is 5.99. The summed E-state index contributed by atoms with van der Waals surface area (Å²) in [6.45, 7) is 4.31. The Labute approximate surface area is 236 Å². The minimum absolute atomic E-state index is 0.0866. The second-order valence-electron chi connectivity index (χ2n) is 10.9. The minimum atomic E-state index is -2.66. The number of nitriles is 1. The Kier molecular flexibility index (Phi) is 6.86. The minimum Gasteiger partial charge on any atom is -0.493 e. The molecule has 3 aromatic rings. The fourth-order valence-corrected chi connectivity index (χ4v) is 5.91. The number of benzene rings is 2. The van der Waals surface area contributed by atoms with Crippen LogP contribution in [0.15, 0.2) is 59.9 Å². The molecule has 3 aliphatic rings. The van der Waals surface area contributed by atoms with Crippen molar-refractivity contribution in [1.82, 2.24) is 4.98 Å². The lowest BCUT2D eigenvalue weighted by molar-refractivity contribution is -0.140. The lowest BCUT2D eigenvalue weighted by Crippen LogP contribution is -2.38. The van der Waals surface area contributed by atoms with Crippen LogP contribution in [0, 0.1) is 24.2 Å². The van der Waals surface area contributed by atoms with Gasteiger partial charge >= 0.3 is 5.97 Å². The zero-order valence-electron chi connectivity index (χ0n) is 22.8. The van der Waals surface area contributed by atoms with Crippen molar-refractivity contribution in [2.45, 2.75) is 51.6 Å². The van der Waals surface area contributed by atoms with Gasteiger partial charge in [-0.2, -0.15) is 5.26 Å². The number of fused-ring (bicyclic) bond motifs is 2. The molecule has 0 bridgehead atoms. The topological polar surface area (TPSA) is 93.5 Å². The van der Waals surface area contributed by atoms with E-state index in [1.165, 1.54) is 0 Å². The number of rotatable bonds is 7. The van der Waals surface area contributed by atoms with Gasteiger partial charge in [0.25, 0.3) is 0 Å². The van der Waals surface area contributed by atoms with Crippen LogP contribution < -0.4 is 14.8 Å². The first-order valence-electron chi connectivity index (χ1n) is 13.6. The summed E-state index contributed by atoms with van der Waals surface area (Å²) in [4.78, 5) is 18.4. The molecule has 9 heteroatoms. The molecule has 0 radical (unpaired) electrons. The number of aromatic nitrogens is 1. The van der Waals surface area contributed by atoms with E-state index in [4.69, 9.17) is 14.2 Å². The fraction of sp³-hybridized carbons (Fsp3) is 0.344. The molecule has 210 valence electrons. The number of alkyl halides is 2. The third-order valence-corrected chi connectivity index (χ3v) is 7.95. The van der Waals surface area contributed by atoms with Crippen LogP contribution in [0.1, 0.15) is 59.1 Å². The van der Waals surface area contributed by atoms with Crippen molar-refractivity contribution in [3.8, 4) is 17.7 Å². The fourth-order valence-electron chi connectivity index (χ4n) is 5.91. The molecule has 2 aromatic carbocycles. The molecule has 0 spiro atoms. The summed E-state index contributed by atoms with van der Waals surface area (Å²) in [5.74, 6) is -3.33. The number of carbonyl (C=O) groups excluding carboxylic acids is 1. The maximum atomic E-state index is 13.8. The van der Waals surface area contributed by atoms with Crippen LogP contribution in [0.5, 0.6) is 11.6 Å². The summed E-state index contributed by atoms with van der Waals surface area (Å²) in [7, 11) is 0. The number of halogens is 2. The Bertz CT molecular complexity index is 1590. The number of allylic oxidation sites excluding steroid dienone is 1. The summed E-state index contributed by atoms with van der Waals surface area (Å²) in [6.07, 6.45) is 1.79. The lowest BCUT2D eigenvalue weighted by Gasteiger charge is -2.36. The highest BCUT2D eigenvalue weighted by atomic mass is 19.3. The smallest absolute Gasteiger partial charge is 0.337 e. The number of nitrogens with one attached hydrogen (secondary N) is 1. The normalized spacial score (nSPS) is 18.8. The highest BCUT2D eigenvalue weighted by Crippen LogP contribution is 2.51. The molecule has 0 saturated heterocycles. The highest BCUT2D eigenvalue weighted by molar-refractivity contribution is 5.95. The monoisotopic (exact) mass is 557 g/mol. The van der Waals surface area contributed by atoms with Crippen LogP contribution in [0.3, 0.4) is 0 Å². The first kappa shape index (κ1) is 26.8. The van der Waals surface area contributed by atoms with Crippen LogP contribution in [-0.4, -0.2) is 30.1 Å². The van der Waals surface area contributed by atoms with Crippen LogP contribution in [0.25, 0.3) is 0 Å². The van der Waals surface area contributed by atoms with Crippen molar-refractivity contribution >= 4 is 11.7 Å². The SMILES string of the molecule is CC1=C(C(=O)OCc2ccccc2)C(c2ccc(C#N)c3c2OCC3)c2c(OCC3CC(F)(F)C3)ncc(C)c2N1. The number of esters is 1. The molecule has 1 fully saturated rings. The van der Waals surface area contributed by atoms with E-state index < -0.39 is 17.8 Å². The number of pyridine rings is 1. The Balaban J connectivity index is 1.44. The van der Waals surface area contributed by atoms with E-state index >= 15 is 0 Å². The van der Waals surface area contributed by atoms with Crippen molar-refractivity contribution in [3.05, 3.63) is 93.3 Å². The first-order valence-corrected chi connectivity index (χ1v) is 13.6. The van der Waals surface area contributed by atoms with Crippen molar-refractivity contribution in [1.29, 1.82) is 5.26 Å². The quantitative estimate of drug-likeness (QED) is 0.346. The molecule has 1 aliphatic carbocycles. The Morgan fingerprint density at radius 2 is 1.98 bits per heavy atom. The van der Waals surface area contributed by atoms with Gasteiger partial charge in [-0.3, -0.25) is 0 Å². The molecule has 0 amide bonds. The van der Waals surface area contributed by atoms with Crippen LogP contribution in [-0.2, 0) is 22.6 Å². The van der Waals surface area contributed by atoms with Crippen LogP contribution in [0.2, 0.25) is 0 Å². The zero-order valence-corrected chi connectivity index (χ0v) is 22.8. The number of anilines is 1. The summed E-state index contributed by atoms with van der Waals surface area (Å²) < 4.78 is 45.0. The lowest BCUT2D eigenvalue weighted by atomic mass is 9.79. The van der Waals surface area contributed by atoms with Gasteiger partial charge in [-0.15, -0.1) is 0 Å². The summed E-state index contributed by atoms with van der Waals surface area (Å²) in [6, 6.07) is 15.2. The second-order valence-corrected chi connectivity index (χ2v) is 10.9. The molecule has 41 heavy (non-hydrogen) atoms. The number of hydrogen-bond acceptors (Lipinski definition) is 7. The molecule has 1 N–H and O–H groups in total. The number of carbonyl (C=O) groups is 1. The van der Waals surface area contributed by atoms with Crippen molar-refractivity contribution < 1.29 is 27.8 Å². The Morgan fingerprint density at radius 1 is 1.20 bits per heavy atom. The molecule has 1 unspecified atom stereocenters. The summed E-state index contributed by atoms with van der Waals surface area (Å²) >= 11 is 0. The Hall–Kier alpha value is -4.45. The van der Waals surface area contributed by atoms with Gasteiger partial charge in [0.15, 0.2) is 0 Å². The van der Waals surface area contributed by atoms with Gasteiger partial charge in [-0.25, -0.2) is 18.6 Å². The number of aryl methyl sites for hydroxylation is 1. The third kappa shape index (κ3) is 4.99. The number of nitrogens with zero attached hydrogens (tertiary/aromatic N) is 2. The largest absolute Gasteiger partial charge is 0.493 e. The maximum absolute atomic E-state index is 13.8. The highest BCUT2D eigenvalue weighted by Gasteiger charge is 2.46. The number of hydrogen-bond donors (Lipinski definition) is 1. The van der Waals surface area contributed by atoms with Crippen molar-refractivity contribution in [3.63, 3.8) is 0 Å². The average molecular weight is 558 g/mol. The van der Waals surface area contributed by atoms with Gasteiger partial charge in [0, 0.05) is 48.2 Å². The van der Waals surface area contributed by atoms with E-state index in [9.17, 15) is 18.8 Å². The molecular weight excluding hydrogens is 528 g/mol. The van der Waals surface area contributed by atoms with Gasteiger partial charge in [0.1, 0.15) is 12.4 Å². The van der Waals surface area contributed by atoms with Gasteiger partial charge < -0.3 is 19.5 Å². The maximum Gasteiger partial charge on any atom is 0.337 e. The predicted molar refractivity (Wildman–Crippen MR) is 147 cm³/mol. The second kappa shape index (κ2) is 10.5. The van der Waals surface area contributed by atoms with E-state index in [0.29, 0.717) is 46.7 Å². The van der Waals surface area contributed by atoms with E-state index in [2.05, 4.69) is 16.4 Å². The van der Waals surface area contributed by atoms with E-state index in [1.54, 1.807) is 18.3 Å². The third-order valence-electron chi connectivity index (χ3n) is 7.95. The van der Waals surface area contributed by atoms with Gasteiger partial charge in [0.2, 0.25) is 11.8 Å². The molecule has 3 heterocycles. The molecule has 2 aliphatic heterocycles. The number of ether oxygens (including phenoxy) is 3.